The summed E-state index contributed by atoms with van der Waals surface area (Å²) in [7, 11) is 0. The maximum absolute atomic E-state index is 12.9. The van der Waals surface area contributed by atoms with Crippen molar-refractivity contribution in [2.75, 3.05) is 13.1 Å². The third kappa shape index (κ3) is 3.72. The highest BCUT2D eigenvalue weighted by Crippen LogP contribution is 2.27. The highest BCUT2D eigenvalue weighted by Gasteiger charge is 2.27. The second-order valence-electron chi connectivity index (χ2n) is 8.46. The lowest BCUT2D eigenvalue weighted by Crippen LogP contribution is -2.43. The second-order valence-corrected chi connectivity index (χ2v) is 8.46. The molecular weight excluding hydrogens is 376 g/mol. The summed E-state index contributed by atoms with van der Waals surface area (Å²) in [5.74, 6) is 1.48. The van der Waals surface area contributed by atoms with Gasteiger partial charge in [-0.05, 0) is 69.0 Å². The van der Waals surface area contributed by atoms with E-state index in [0.29, 0.717) is 16.9 Å². The summed E-state index contributed by atoms with van der Waals surface area (Å²) in [5, 5.41) is 0.525. The molecule has 30 heavy (non-hydrogen) atoms. The van der Waals surface area contributed by atoms with E-state index in [0.717, 1.165) is 43.4 Å². The van der Waals surface area contributed by atoms with E-state index in [1.165, 1.54) is 25.7 Å². The first kappa shape index (κ1) is 19.2. The van der Waals surface area contributed by atoms with Gasteiger partial charge in [-0.25, -0.2) is 9.97 Å². The minimum Gasteiger partial charge on any atom is -0.490 e. The van der Waals surface area contributed by atoms with Crippen molar-refractivity contribution in [3.8, 4) is 11.4 Å². The van der Waals surface area contributed by atoms with E-state index >= 15 is 0 Å². The Kier molecular flexibility index (Phi) is 5.25. The van der Waals surface area contributed by atoms with Crippen molar-refractivity contribution in [1.82, 2.24) is 19.4 Å². The minimum atomic E-state index is -0.0986. The van der Waals surface area contributed by atoms with Crippen LogP contribution in [-0.4, -0.2) is 44.7 Å². The van der Waals surface area contributed by atoms with Gasteiger partial charge in [0.1, 0.15) is 17.7 Å². The lowest BCUT2D eigenvalue weighted by Gasteiger charge is -2.36. The van der Waals surface area contributed by atoms with Gasteiger partial charge in [0.15, 0.2) is 5.65 Å². The van der Waals surface area contributed by atoms with E-state index in [-0.39, 0.29) is 11.7 Å². The number of hydrogen-bond acceptors (Lipinski definition) is 5. The Morgan fingerprint density at radius 2 is 1.73 bits per heavy atom. The summed E-state index contributed by atoms with van der Waals surface area (Å²) in [6.07, 6.45) is 9.60. The van der Waals surface area contributed by atoms with E-state index < -0.39 is 0 Å². The number of ether oxygens (including phenoxy) is 1. The SMILES string of the molecule is Cc1nc2ncccc2c(=O)n1-c1ccc(OC2CCN(C3CCCC3)CC2)cc1. The number of pyridine rings is 1. The van der Waals surface area contributed by atoms with Crippen molar-refractivity contribution >= 4 is 11.0 Å². The Morgan fingerprint density at radius 3 is 2.47 bits per heavy atom. The monoisotopic (exact) mass is 404 g/mol. The van der Waals surface area contributed by atoms with Gasteiger partial charge in [0.05, 0.1) is 11.1 Å². The average Bonchev–Trinajstić information content (AvgIpc) is 3.30. The van der Waals surface area contributed by atoms with Crippen molar-refractivity contribution in [2.24, 2.45) is 0 Å². The van der Waals surface area contributed by atoms with Gasteiger partial charge in [0, 0.05) is 25.3 Å². The fourth-order valence-corrected chi connectivity index (χ4v) is 4.92. The first-order valence-corrected chi connectivity index (χ1v) is 11.0. The van der Waals surface area contributed by atoms with E-state index in [4.69, 9.17) is 4.74 Å². The molecule has 0 N–H and O–H groups in total. The van der Waals surface area contributed by atoms with Crippen LogP contribution in [0.3, 0.4) is 0 Å². The predicted octanol–water partition coefficient (Wildman–Crippen LogP) is 3.87. The molecule has 2 aromatic heterocycles. The Hall–Kier alpha value is -2.73. The van der Waals surface area contributed by atoms with E-state index in [1.54, 1.807) is 22.9 Å². The summed E-state index contributed by atoms with van der Waals surface area (Å²) in [5.41, 5.74) is 1.18. The van der Waals surface area contributed by atoms with Gasteiger partial charge in [-0.3, -0.25) is 9.36 Å². The number of likely N-dealkylation sites (tertiary alicyclic amines) is 1. The van der Waals surface area contributed by atoms with Gasteiger partial charge in [0.25, 0.3) is 5.56 Å². The van der Waals surface area contributed by atoms with Gasteiger partial charge in [0.2, 0.25) is 0 Å². The Morgan fingerprint density at radius 1 is 1.00 bits per heavy atom. The third-order valence-electron chi connectivity index (χ3n) is 6.53. The van der Waals surface area contributed by atoms with E-state index in [9.17, 15) is 4.79 Å². The predicted molar refractivity (Wildman–Crippen MR) is 117 cm³/mol. The van der Waals surface area contributed by atoms with E-state index in [2.05, 4.69) is 14.9 Å². The Balaban J connectivity index is 1.29. The molecule has 1 saturated carbocycles. The number of aromatic nitrogens is 3. The largest absolute Gasteiger partial charge is 0.490 e. The molecule has 1 aromatic carbocycles. The van der Waals surface area contributed by atoms with Crippen molar-refractivity contribution in [3.63, 3.8) is 0 Å². The molecule has 0 atom stereocenters. The number of hydrogen-bond donors (Lipinski definition) is 0. The first-order chi connectivity index (χ1) is 14.7. The van der Waals surface area contributed by atoms with Crippen LogP contribution in [0.5, 0.6) is 5.75 Å². The number of benzene rings is 1. The van der Waals surface area contributed by atoms with Crippen LogP contribution in [0.1, 0.15) is 44.3 Å². The fourth-order valence-electron chi connectivity index (χ4n) is 4.92. The van der Waals surface area contributed by atoms with Gasteiger partial charge in [-0.15, -0.1) is 0 Å². The van der Waals surface area contributed by atoms with Gasteiger partial charge in [-0.2, -0.15) is 0 Å². The molecule has 0 radical (unpaired) electrons. The molecule has 6 heteroatoms. The maximum Gasteiger partial charge on any atom is 0.267 e. The lowest BCUT2D eigenvalue weighted by atomic mass is 10.0. The molecule has 3 heterocycles. The number of aryl methyl sites for hydroxylation is 1. The number of fused-ring (bicyclic) bond motifs is 1. The number of rotatable bonds is 4. The Labute approximate surface area is 176 Å². The first-order valence-electron chi connectivity index (χ1n) is 11.0. The third-order valence-corrected chi connectivity index (χ3v) is 6.53. The molecule has 3 aromatic rings. The smallest absolute Gasteiger partial charge is 0.267 e. The van der Waals surface area contributed by atoms with Crippen LogP contribution in [0.15, 0.2) is 47.4 Å². The summed E-state index contributed by atoms with van der Waals surface area (Å²) >= 11 is 0. The van der Waals surface area contributed by atoms with Crippen molar-refractivity contribution in [1.29, 1.82) is 0 Å². The summed E-state index contributed by atoms with van der Waals surface area (Å²) in [4.78, 5) is 24.3. The van der Waals surface area contributed by atoms with Crippen LogP contribution in [0.25, 0.3) is 16.7 Å². The summed E-state index contributed by atoms with van der Waals surface area (Å²) in [6, 6.07) is 12.1. The highest BCUT2D eigenvalue weighted by molar-refractivity contribution is 5.73. The van der Waals surface area contributed by atoms with Crippen LogP contribution in [-0.2, 0) is 0 Å². The molecule has 0 amide bonds. The van der Waals surface area contributed by atoms with Gasteiger partial charge < -0.3 is 9.64 Å². The zero-order valence-electron chi connectivity index (χ0n) is 17.5. The topological polar surface area (TPSA) is 60.3 Å². The number of piperidine rings is 1. The lowest BCUT2D eigenvalue weighted by molar-refractivity contribution is 0.0768. The highest BCUT2D eigenvalue weighted by atomic mass is 16.5. The van der Waals surface area contributed by atoms with Crippen LogP contribution < -0.4 is 10.3 Å². The van der Waals surface area contributed by atoms with Crippen LogP contribution >= 0.6 is 0 Å². The van der Waals surface area contributed by atoms with Crippen LogP contribution in [0.2, 0.25) is 0 Å². The molecule has 0 unspecified atom stereocenters. The molecule has 2 aliphatic rings. The van der Waals surface area contributed by atoms with Crippen molar-refractivity contribution in [2.45, 2.75) is 57.6 Å². The molecule has 1 aliphatic heterocycles. The van der Waals surface area contributed by atoms with Crippen molar-refractivity contribution < 1.29 is 4.74 Å². The normalized spacial score (nSPS) is 18.8. The molecule has 1 saturated heterocycles. The van der Waals surface area contributed by atoms with Gasteiger partial charge >= 0.3 is 0 Å². The summed E-state index contributed by atoms with van der Waals surface area (Å²) in [6.45, 7) is 4.11. The molecule has 0 bridgehead atoms. The molecule has 0 spiro atoms. The molecule has 156 valence electrons. The standard InChI is InChI=1S/C24H28N4O2/c1-17-26-23-22(7-4-14-25-23)24(29)28(17)19-8-10-20(11-9-19)30-21-12-15-27(16-13-21)18-5-2-3-6-18/h4,7-11,14,18,21H,2-3,5-6,12-13,15-16H2,1H3. The summed E-state index contributed by atoms with van der Waals surface area (Å²) < 4.78 is 7.88. The molecule has 5 rings (SSSR count). The second kappa shape index (κ2) is 8.19. The zero-order valence-corrected chi connectivity index (χ0v) is 17.5. The molecular formula is C24H28N4O2. The average molecular weight is 405 g/mol. The number of nitrogens with zero attached hydrogens (tertiary/aromatic N) is 4. The maximum atomic E-state index is 12.9. The van der Waals surface area contributed by atoms with Crippen LogP contribution in [0, 0.1) is 6.92 Å². The minimum absolute atomic E-state index is 0.0986. The molecule has 1 aliphatic carbocycles. The Bertz CT molecular complexity index is 1080. The zero-order chi connectivity index (χ0) is 20.5. The fraction of sp³-hybridized carbons (Fsp3) is 0.458. The molecule has 2 fully saturated rings. The molecule has 6 nitrogen and oxygen atoms in total. The van der Waals surface area contributed by atoms with Gasteiger partial charge in [-0.1, -0.05) is 12.8 Å². The van der Waals surface area contributed by atoms with Crippen molar-refractivity contribution in [3.05, 3.63) is 58.8 Å². The van der Waals surface area contributed by atoms with Crippen LogP contribution in [0.4, 0.5) is 0 Å². The van der Waals surface area contributed by atoms with E-state index in [1.807, 2.05) is 31.2 Å². The quantitative estimate of drug-likeness (QED) is 0.661.